The molecule has 0 aromatic heterocycles. The van der Waals surface area contributed by atoms with Crippen molar-refractivity contribution in [2.24, 2.45) is 0 Å². The molecule has 0 heterocycles. The number of hydrogen-bond acceptors (Lipinski definition) is 2. The molecule has 2 nitrogen and oxygen atoms in total. The predicted octanol–water partition coefficient (Wildman–Crippen LogP) is 3.13. The molecule has 0 saturated carbocycles. The highest BCUT2D eigenvalue weighted by Crippen LogP contribution is 2.29. The molecule has 1 unspecified atom stereocenters. The highest BCUT2D eigenvalue weighted by molar-refractivity contribution is 6.72. The van der Waals surface area contributed by atoms with Gasteiger partial charge >= 0.3 is 0 Å². The van der Waals surface area contributed by atoms with E-state index in [1.165, 1.54) is 0 Å². The molecule has 0 aliphatic carbocycles. The van der Waals surface area contributed by atoms with Gasteiger partial charge in [0.25, 0.3) is 0 Å². The van der Waals surface area contributed by atoms with Crippen LogP contribution in [0.4, 0.5) is 0 Å². The van der Waals surface area contributed by atoms with Gasteiger partial charge in [-0.05, 0) is 28.8 Å². The smallest absolute Gasteiger partial charge is 0.243 e. The molecular weight excluding hydrogens is 270 g/mol. The van der Waals surface area contributed by atoms with Gasteiger partial charge in [0.15, 0.2) is 0 Å². The standard InChI is InChI=1S/C11H9Cl3O2/c12-9(15)7-11(14,10(13)16)6-8-4-2-1-3-5-8/h1-5H,6-7H2. The Bertz CT molecular complexity index is 391. The molecule has 1 rings (SSSR count). The summed E-state index contributed by atoms with van der Waals surface area (Å²) in [6, 6.07) is 9.07. The summed E-state index contributed by atoms with van der Waals surface area (Å²) < 4.78 is 0. The van der Waals surface area contributed by atoms with Gasteiger partial charge in [-0.15, -0.1) is 11.6 Å². The molecule has 1 aromatic carbocycles. The van der Waals surface area contributed by atoms with E-state index < -0.39 is 15.4 Å². The SMILES string of the molecule is O=C(Cl)CC(Cl)(Cc1ccccc1)C(=O)Cl. The topological polar surface area (TPSA) is 34.1 Å². The minimum atomic E-state index is -1.46. The lowest BCUT2D eigenvalue weighted by Crippen LogP contribution is -2.33. The van der Waals surface area contributed by atoms with Crippen LogP contribution >= 0.6 is 34.8 Å². The molecule has 0 spiro atoms. The fraction of sp³-hybridized carbons (Fsp3) is 0.273. The van der Waals surface area contributed by atoms with E-state index in [4.69, 9.17) is 34.8 Å². The zero-order valence-corrected chi connectivity index (χ0v) is 10.5. The van der Waals surface area contributed by atoms with Crippen LogP contribution in [0, 0.1) is 0 Å². The van der Waals surface area contributed by atoms with Crippen LogP contribution in [-0.2, 0) is 16.0 Å². The van der Waals surface area contributed by atoms with E-state index >= 15 is 0 Å². The molecule has 1 atom stereocenters. The van der Waals surface area contributed by atoms with Gasteiger partial charge in [0.1, 0.15) is 4.87 Å². The maximum absolute atomic E-state index is 11.2. The van der Waals surface area contributed by atoms with Crippen molar-refractivity contribution in [3.8, 4) is 0 Å². The number of alkyl halides is 1. The van der Waals surface area contributed by atoms with Gasteiger partial charge in [0.05, 0.1) is 0 Å². The van der Waals surface area contributed by atoms with Crippen molar-refractivity contribution in [3.63, 3.8) is 0 Å². The molecule has 0 aliphatic heterocycles. The first-order chi connectivity index (χ1) is 7.44. The van der Waals surface area contributed by atoms with Crippen molar-refractivity contribution in [2.75, 3.05) is 0 Å². The van der Waals surface area contributed by atoms with Gasteiger partial charge < -0.3 is 0 Å². The Kier molecular flexibility index (Phi) is 4.78. The molecule has 16 heavy (non-hydrogen) atoms. The molecule has 0 saturated heterocycles. The number of halogens is 3. The van der Waals surface area contributed by atoms with E-state index in [2.05, 4.69) is 0 Å². The Morgan fingerprint density at radius 1 is 1.12 bits per heavy atom. The second kappa shape index (κ2) is 5.67. The summed E-state index contributed by atoms with van der Waals surface area (Å²) in [4.78, 5) is 20.6. The first-order valence-electron chi connectivity index (χ1n) is 4.55. The molecule has 86 valence electrons. The second-order valence-electron chi connectivity index (χ2n) is 3.43. The zero-order chi connectivity index (χ0) is 12.2. The third kappa shape index (κ3) is 3.78. The van der Waals surface area contributed by atoms with E-state index in [1.807, 2.05) is 18.2 Å². The van der Waals surface area contributed by atoms with Crippen molar-refractivity contribution in [1.82, 2.24) is 0 Å². The predicted molar refractivity (Wildman–Crippen MR) is 65.1 cm³/mol. The molecule has 0 aliphatic rings. The van der Waals surface area contributed by atoms with Gasteiger partial charge in [-0.1, -0.05) is 30.3 Å². The number of carbonyl (C=O) groups excluding carboxylic acids is 2. The van der Waals surface area contributed by atoms with Crippen LogP contribution in [0.2, 0.25) is 0 Å². The number of rotatable bonds is 5. The van der Waals surface area contributed by atoms with Crippen LogP contribution < -0.4 is 0 Å². The number of hydrogen-bond donors (Lipinski definition) is 0. The van der Waals surface area contributed by atoms with Gasteiger partial charge in [0.2, 0.25) is 10.5 Å². The fourth-order valence-electron chi connectivity index (χ4n) is 1.34. The van der Waals surface area contributed by atoms with Crippen LogP contribution in [-0.4, -0.2) is 15.4 Å². The summed E-state index contributed by atoms with van der Waals surface area (Å²) in [6.07, 6.45) is -0.108. The second-order valence-corrected chi connectivity index (χ2v) is 4.92. The Hall–Kier alpha value is -0.570. The van der Waals surface area contributed by atoms with Gasteiger partial charge in [-0.2, -0.15) is 0 Å². The van der Waals surface area contributed by atoms with Crippen molar-refractivity contribution in [3.05, 3.63) is 35.9 Å². The average Bonchev–Trinajstić information content (AvgIpc) is 2.17. The summed E-state index contributed by atoms with van der Waals surface area (Å²) in [6.45, 7) is 0. The minimum absolute atomic E-state index is 0.177. The molecule has 5 heteroatoms. The van der Waals surface area contributed by atoms with E-state index in [1.54, 1.807) is 12.1 Å². The molecule has 0 amide bonds. The Morgan fingerprint density at radius 2 is 1.69 bits per heavy atom. The van der Waals surface area contributed by atoms with Crippen molar-refractivity contribution >= 4 is 45.3 Å². The van der Waals surface area contributed by atoms with Gasteiger partial charge in [0, 0.05) is 12.8 Å². The highest BCUT2D eigenvalue weighted by atomic mass is 35.5. The maximum atomic E-state index is 11.2. The number of benzene rings is 1. The average molecular weight is 280 g/mol. The third-order valence-electron chi connectivity index (χ3n) is 2.10. The summed E-state index contributed by atoms with van der Waals surface area (Å²) in [5, 5.41) is -1.45. The van der Waals surface area contributed by atoms with E-state index in [0.717, 1.165) is 5.56 Å². The molecule has 0 N–H and O–H groups in total. The van der Waals surface area contributed by atoms with Gasteiger partial charge in [-0.3, -0.25) is 9.59 Å². The summed E-state index contributed by atoms with van der Waals surface area (Å²) in [5.74, 6) is 0. The van der Waals surface area contributed by atoms with Crippen molar-refractivity contribution in [1.29, 1.82) is 0 Å². The van der Waals surface area contributed by atoms with Crippen LogP contribution in [0.25, 0.3) is 0 Å². The Balaban J connectivity index is 2.87. The Morgan fingerprint density at radius 3 is 2.12 bits per heavy atom. The first-order valence-corrected chi connectivity index (χ1v) is 5.68. The van der Waals surface area contributed by atoms with Crippen LogP contribution in [0.5, 0.6) is 0 Å². The largest absolute Gasteiger partial charge is 0.281 e. The quantitative estimate of drug-likeness (QED) is 0.613. The molecular formula is C11H9Cl3O2. The third-order valence-corrected chi connectivity index (χ3v) is 3.13. The maximum Gasteiger partial charge on any atom is 0.243 e. The summed E-state index contributed by atoms with van der Waals surface area (Å²) in [5.41, 5.74) is 0.824. The molecule has 0 fully saturated rings. The summed E-state index contributed by atoms with van der Waals surface area (Å²) >= 11 is 16.7. The number of carbonyl (C=O) groups is 2. The lowest BCUT2D eigenvalue weighted by Gasteiger charge is -2.20. The van der Waals surface area contributed by atoms with Crippen molar-refractivity contribution in [2.45, 2.75) is 17.7 Å². The van der Waals surface area contributed by atoms with Crippen molar-refractivity contribution < 1.29 is 9.59 Å². The normalized spacial score (nSPS) is 14.2. The van der Waals surface area contributed by atoms with E-state index in [0.29, 0.717) is 0 Å². The minimum Gasteiger partial charge on any atom is -0.281 e. The van der Waals surface area contributed by atoms with Crippen LogP contribution in [0.3, 0.4) is 0 Å². The van der Waals surface area contributed by atoms with Crippen LogP contribution in [0.1, 0.15) is 12.0 Å². The first kappa shape index (κ1) is 13.5. The lowest BCUT2D eigenvalue weighted by atomic mass is 9.97. The monoisotopic (exact) mass is 278 g/mol. The van der Waals surface area contributed by atoms with E-state index in [9.17, 15) is 9.59 Å². The summed E-state index contributed by atoms with van der Waals surface area (Å²) in [7, 11) is 0. The molecule has 0 bridgehead atoms. The van der Waals surface area contributed by atoms with Gasteiger partial charge in [-0.25, -0.2) is 0 Å². The zero-order valence-electron chi connectivity index (χ0n) is 8.25. The highest BCUT2D eigenvalue weighted by Gasteiger charge is 2.37. The Labute approximate surface area is 108 Å². The molecule has 0 radical (unpaired) electrons. The van der Waals surface area contributed by atoms with E-state index in [-0.39, 0.29) is 12.8 Å². The lowest BCUT2D eigenvalue weighted by molar-refractivity contribution is -0.118. The van der Waals surface area contributed by atoms with Crippen LogP contribution in [0.15, 0.2) is 30.3 Å². The fourth-order valence-corrected chi connectivity index (χ4v) is 2.05. The molecule has 1 aromatic rings.